The third-order valence-electron chi connectivity index (χ3n) is 4.17. The van der Waals surface area contributed by atoms with Gasteiger partial charge in [0.05, 0.1) is 18.0 Å². The predicted octanol–water partition coefficient (Wildman–Crippen LogP) is 0.696. The van der Waals surface area contributed by atoms with Crippen LogP contribution in [-0.4, -0.2) is 36.2 Å². The van der Waals surface area contributed by atoms with Crippen LogP contribution in [0.4, 0.5) is 17.1 Å². The number of likely N-dealkylation sites (N-methyl/N-ethyl adjacent to an activating group) is 1. The van der Waals surface area contributed by atoms with E-state index in [1.165, 1.54) is 25.8 Å². The highest BCUT2D eigenvalue weighted by atomic mass is 16.2. The van der Waals surface area contributed by atoms with Crippen LogP contribution >= 0.6 is 0 Å². The molecule has 7 heteroatoms. The summed E-state index contributed by atoms with van der Waals surface area (Å²) >= 11 is 0. The number of anilines is 3. The Kier molecular flexibility index (Phi) is 2.69. The Morgan fingerprint density at radius 1 is 1.14 bits per heavy atom. The number of hydrogen-bond donors (Lipinski definition) is 3. The van der Waals surface area contributed by atoms with E-state index in [9.17, 15) is 14.4 Å². The summed E-state index contributed by atoms with van der Waals surface area (Å²) in [4.78, 5) is 37.8. The Morgan fingerprint density at radius 2 is 1.76 bits per heavy atom. The molecule has 1 unspecified atom stereocenters. The summed E-state index contributed by atoms with van der Waals surface area (Å²) in [6.45, 7) is 3.25. The zero-order valence-corrected chi connectivity index (χ0v) is 12.0. The number of ketones is 1. The van der Waals surface area contributed by atoms with Gasteiger partial charge in [0.15, 0.2) is 5.78 Å². The molecule has 0 spiro atoms. The van der Waals surface area contributed by atoms with Crippen LogP contribution in [0.5, 0.6) is 0 Å². The molecule has 2 aliphatic rings. The first-order valence-electron chi connectivity index (χ1n) is 6.62. The molecular weight excluding hydrogens is 272 g/mol. The first kappa shape index (κ1) is 13.4. The van der Waals surface area contributed by atoms with Crippen molar-refractivity contribution in [2.75, 3.05) is 29.7 Å². The van der Waals surface area contributed by atoms with Crippen LogP contribution in [0, 0.1) is 0 Å². The largest absolute Gasteiger partial charge is 0.366 e. The van der Waals surface area contributed by atoms with E-state index in [0.717, 1.165) is 11.4 Å². The molecule has 2 aliphatic heterocycles. The van der Waals surface area contributed by atoms with Gasteiger partial charge in [0.1, 0.15) is 0 Å². The van der Waals surface area contributed by atoms with Crippen molar-refractivity contribution in [1.82, 2.24) is 4.90 Å². The van der Waals surface area contributed by atoms with Gasteiger partial charge in [-0.2, -0.15) is 0 Å². The van der Waals surface area contributed by atoms with Crippen molar-refractivity contribution < 1.29 is 14.4 Å². The van der Waals surface area contributed by atoms with E-state index in [-0.39, 0.29) is 11.7 Å². The van der Waals surface area contributed by atoms with Crippen LogP contribution in [0.3, 0.4) is 0 Å². The molecule has 3 rings (SSSR count). The number of nitrogens with one attached hydrogen (secondary N) is 3. The van der Waals surface area contributed by atoms with Gasteiger partial charge in [-0.05, 0) is 19.1 Å². The van der Waals surface area contributed by atoms with E-state index in [1.54, 1.807) is 12.1 Å². The highest BCUT2D eigenvalue weighted by Crippen LogP contribution is 2.45. The fraction of sp³-hybridized carbons (Fsp3) is 0.357. The molecule has 0 bridgehead atoms. The van der Waals surface area contributed by atoms with E-state index < -0.39 is 11.4 Å². The molecule has 7 nitrogen and oxygen atoms in total. The Hall–Kier alpha value is -2.57. The normalized spacial score (nSPS) is 21.8. The molecule has 0 radical (unpaired) electrons. The van der Waals surface area contributed by atoms with Gasteiger partial charge >= 0.3 is 0 Å². The minimum absolute atomic E-state index is 0.347. The van der Waals surface area contributed by atoms with Gasteiger partial charge in [0.25, 0.3) is 5.91 Å². The van der Waals surface area contributed by atoms with Gasteiger partial charge in [-0.15, -0.1) is 0 Å². The fourth-order valence-corrected chi connectivity index (χ4v) is 3.02. The van der Waals surface area contributed by atoms with E-state index in [2.05, 4.69) is 16.0 Å². The SMILES string of the molecule is CC(=O)N(C)C1(C(C)=O)C(=O)Nc2cc3c(cc21)NCN3. The zero-order valence-electron chi connectivity index (χ0n) is 12.0. The van der Waals surface area contributed by atoms with Gasteiger partial charge in [-0.1, -0.05) is 0 Å². The average Bonchev–Trinajstić information content (AvgIpc) is 2.96. The second-order valence-electron chi connectivity index (χ2n) is 5.27. The maximum Gasteiger partial charge on any atom is 0.262 e. The lowest BCUT2D eigenvalue weighted by Gasteiger charge is -2.34. The average molecular weight is 288 g/mol. The van der Waals surface area contributed by atoms with Crippen LogP contribution in [0.15, 0.2) is 12.1 Å². The van der Waals surface area contributed by atoms with Crippen LogP contribution < -0.4 is 16.0 Å². The van der Waals surface area contributed by atoms with Crippen molar-refractivity contribution >= 4 is 34.7 Å². The minimum Gasteiger partial charge on any atom is -0.366 e. The molecule has 2 heterocycles. The Balaban J connectivity index is 2.26. The minimum atomic E-state index is -1.60. The van der Waals surface area contributed by atoms with Crippen molar-refractivity contribution in [3.63, 3.8) is 0 Å². The summed E-state index contributed by atoms with van der Waals surface area (Å²) in [5.74, 6) is -1.23. The topological polar surface area (TPSA) is 90.5 Å². The molecule has 2 amide bonds. The third-order valence-corrected chi connectivity index (χ3v) is 4.17. The number of benzene rings is 1. The lowest BCUT2D eigenvalue weighted by molar-refractivity contribution is -0.149. The number of hydrogen-bond acceptors (Lipinski definition) is 5. The molecule has 3 N–H and O–H groups in total. The molecule has 0 aromatic heterocycles. The first-order valence-corrected chi connectivity index (χ1v) is 6.62. The van der Waals surface area contributed by atoms with Crippen LogP contribution in [0.25, 0.3) is 0 Å². The molecule has 0 saturated carbocycles. The molecule has 1 aromatic carbocycles. The standard InChI is InChI=1S/C14H16N4O3/c1-7(19)14(18(3)8(2)20)9-4-11-12(16-6-15-11)5-10(9)17-13(14)21/h4-5,15-16H,6H2,1-3H3,(H,17,21). The van der Waals surface area contributed by atoms with Gasteiger partial charge in [-0.3, -0.25) is 14.4 Å². The number of amides is 2. The molecule has 1 atom stereocenters. The smallest absolute Gasteiger partial charge is 0.262 e. The number of carbonyl (C=O) groups excluding carboxylic acids is 3. The van der Waals surface area contributed by atoms with Crippen molar-refractivity contribution in [3.05, 3.63) is 17.7 Å². The second-order valence-corrected chi connectivity index (χ2v) is 5.27. The third kappa shape index (κ3) is 1.57. The van der Waals surface area contributed by atoms with Crippen LogP contribution in [-0.2, 0) is 19.9 Å². The van der Waals surface area contributed by atoms with E-state index >= 15 is 0 Å². The summed E-state index contributed by atoms with van der Waals surface area (Å²) in [7, 11) is 1.47. The van der Waals surface area contributed by atoms with E-state index in [1.807, 2.05) is 0 Å². The quantitative estimate of drug-likeness (QED) is 0.697. The molecule has 0 fully saturated rings. The Morgan fingerprint density at radius 3 is 2.33 bits per heavy atom. The number of nitrogens with zero attached hydrogens (tertiary/aromatic N) is 1. The molecular formula is C14H16N4O3. The summed E-state index contributed by atoms with van der Waals surface area (Å²) in [5, 5.41) is 8.96. The van der Waals surface area contributed by atoms with Gasteiger partial charge in [-0.25, -0.2) is 0 Å². The maximum absolute atomic E-state index is 12.5. The molecule has 0 saturated heterocycles. The van der Waals surface area contributed by atoms with Crippen molar-refractivity contribution in [1.29, 1.82) is 0 Å². The van der Waals surface area contributed by atoms with Crippen molar-refractivity contribution in [2.24, 2.45) is 0 Å². The van der Waals surface area contributed by atoms with Gasteiger partial charge in [0, 0.05) is 25.2 Å². The van der Waals surface area contributed by atoms with Crippen LogP contribution in [0.1, 0.15) is 19.4 Å². The molecule has 110 valence electrons. The van der Waals surface area contributed by atoms with Gasteiger partial charge < -0.3 is 20.9 Å². The highest BCUT2D eigenvalue weighted by Gasteiger charge is 2.55. The highest BCUT2D eigenvalue weighted by molar-refractivity contribution is 6.22. The number of carbonyl (C=O) groups is 3. The first-order chi connectivity index (χ1) is 9.88. The number of fused-ring (bicyclic) bond motifs is 2. The maximum atomic E-state index is 12.5. The summed E-state index contributed by atoms with van der Waals surface area (Å²) in [5.41, 5.74) is 1.14. The number of Topliss-reactive ketones (excluding diaryl/α,β-unsaturated/α-hetero) is 1. The summed E-state index contributed by atoms with van der Waals surface area (Å²) in [6.07, 6.45) is 0. The lowest BCUT2D eigenvalue weighted by Crippen LogP contribution is -2.55. The molecule has 1 aromatic rings. The fourth-order valence-electron chi connectivity index (χ4n) is 3.02. The van der Waals surface area contributed by atoms with E-state index in [4.69, 9.17) is 0 Å². The summed E-state index contributed by atoms with van der Waals surface area (Å²) < 4.78 is 0. The monoisotopic (exact) mass is 288 g/mol. The van der Waals surface area contributed by atoms with E-state index in [0.29, 0.717) is 17.9 Å². The Labute approximate surface area is 121 Å². The van der Waals surface area contributed by atoms with Gasteiger partial charge in [0.2, 0.25) is 11.4 Å². The lowest BCUT2D eigenvalue weighted by atomic mass is 9.85. The number of rotatable bonds is 2. The second kappa shape index (κ2) is 4.21. The van der Waals surface area contributed by atoms with Crippen molar-refractivity contribution in [2.45, 2.75) is 19.4 Å². The predicted molar refractivity (Wildman–Crippen MR) is 78.0 cm³/mol. The molecule has 21 heavy (non-hydrogen) atoms. The van der Waals surface area contributed by atoms with Crippen molar-refractivity contribution in [3.8, 4) is 0 Å². The van der Waals surface area contributed by atoms with Crippen LogP contribution in [0.2, 0.25) is 0 Å². The summed E-state index contributed by atoms with van der Waals surface area (Å²) in [6, 6.07) is 3.53. The zero-order chi connectivity index (χ0) is 15.4. The Bertz CT molecular complexity index is 685. The molecule has 0 aliphatic carbocycles.